The summed E-state index contributed by atoms with van der Waals surface area (Å²) in [6, 6.07) is 1.77. The lowest BCUT2D eigenvalue weighted by Crippen LogP contribution is -2.27. The van der Waals surface area contributed by atoms with Crippen LogP contribution in [0.5, 0.6) is 0 Å². The lowest BCUT2D eigenvalue weighted by atomic mass is 10.4. The van der Waals surface area contributed by atoms with Gasteiger partial charge < -0.3 is 15.6 Å². The predicted octanol–water partition coefficient (Wildman–Crippen LogP) is 0.0781. The second-order valence-corrected chi connectivity index (χ2v) is 3.68. The van der Waals surface area contributed by atoms with Crippen LogP contribution < -0.4 is 11.1 Å². The van der Waals surface area contributed by atoms with Gasteiger partial charge in [0.25, 0.3) is 0 Å². The summed E-state index contributed by atoms with van der Waals surface area (Å²) in [5.41, 5.74) is 6.71. The van der Waals surface area contributed by atoms with E-state index in [1.807, 2.05) is 0 Å². The molecule has 0 atom stereocenters. The molecule has 0 saturated carbocycles. The number of rotatable bonds is 4. The molecule has 0 aliphatic carbocycles. The maximum Gasteiger partial charge on any atom is 0.242 e. The summed E-state index contributed by atoms with van der Waals surface area (Å²) in [7, 11) is 0. The van der Waals surface area contributed by atoms with Crippen molar-refractivity contribution in [2.75, 3.05) is 5.73 Å². The van der Waals surface area contributed by atoms with Gasteiger partial charge in [-0.1, -0.05) is 5.16 Å². The topological polar surface area (TPSA) is 99.0 Å². The Labute approximate surface area is 97.6 Å². The lowest BCUT2D eigenvalue weighted by molar-refractivity contribution is -0.122. The SMILES string of the molecule is Cc1cc(CNC(=O)Cn2cc(N)cn2)no1. The molecule has 0 unspecified atom stereocenters. The van der Waals surface area contributed by atoms with E-state index in [4.69, 9.17) is 10.3 Å². The second kappa shape index (κ2) is 4.69. The highest BCUT2D eigenvalue weighted by atomic mass is 16.5. The van der Waals surface area contributed by atoms with E-state index >= 15 is 0 Å². The molecule has 0 aromatic carbocycles. The van der Waals surface area contributed by atoms with Crippen molar-refractivity contribution in [2.24, 2.45) is 0 Å². The molecular weight excluding hydrogens is 222 g/mol. The fourth-order valence-corrected chi connectivity index (χ4v) is 1.36. The zero-order valence-electron chi connectivity index (χ0n) is 9.38. The van der Waals surface area contributed by atoms with Gasteiger partial charge in [0.15, 0.2) is 0 Å². The normalized spacial score (nSPS) is 10.4. The van der Waals surface area contributed by atoms with Crippen molar-refractivity contribution < 1.29 is 9.32 Å². The second-order valence-electron chi connectivity index (χ2n) is 3.68. The van der Waals surface area contributed by atoms with E-state index in [-0.39, 0.29) is 12.5 Å². The monoisotopic (exact) mass is 235 g/mol. The van der Waals surface area contributed by atoms with E-state index in [2.05, 4.69) is 15.6 Å². The molecule has 2 heterocycles. The number of carbonyl (C=O) groups is 1. The van der Waals surface area contributed by atoms with Gasteiger partial charge in [-0.25, -0.2) is 0 Å². The third-order valence-electron chi connectivity index (χ3n) is 2.10. The Bertz CT molecular complexity index is 516. The number of aromatic nitrogens is 3. The molecule has 17 heavy (non-hydrogen) atoms. The van der Waals surface area contributed by atoms with Crippen molar-refractivity contribution in [2.45, 2.75) is 20.0 Å². The van der Waals surface area contributed by atoms with Crippen molar-refractivity contribution >= 4 is 11.6 Å². The molecule has 0 saturated heterocycles. The number of hydrogen-bond acceptors (Lipinski definition) is 5. The molecule has 90 valence electrons. The molecule has 2 aromatic heterocycles. The largest absolute Gasteiger partial charge is 0.396 e. The summed E-state index contributed by atoms with van der Waals surface area (Å²) in [4.78, 5) is 11.5. The third-order valence-corrected chi connectivity index (χ3v) is 2.10. The van der Waals surface area contributed by atoms with Crippen LogP contribution in [0.15, 0.2) is 23.0 Å². The number of nitrogens with two attached hydrogens (primary N) is 1. The number of nitrogens with one attached hydrogen (secondary N) is 1. The number of hydrogen-bond donors (Lipinski definition) is 2. The third kappa shape index (κ3) is 3.07. The molecule has 0 bridgehead atoms. The van der Waals surface area contributed by atoms with Crippen molar-refractivity contribution in [3.05, 3.63) is 29.9 Å². The molecule has 7 heteroatoms. The van der Waals surface area contributed by atoms with Crippen LogP contribution in [0.1, 0.15) is 11.5 Å². The van der Waals surface area contributed by atoms with Crippen molar-refractivity contribution in [1.29, 1.82) is 0 Å². The molecule has 3 N–H and O–H groups in total. The number of carbonyl (C=O) groups excluding carboxylic acids is 1. The van der Waals surface area contributed by atoms with Crippen LogP contribution in [0, 0.1) is 6.92 Å². The maximum atomic E-state index is 11.5. The Morgan fingerprint density at radius 2 is 2.47 bits per heavy atom. The number of nitrogens with zero attached hydrogens (tertiary/aromatic N) is 3. The predicted molar refractivity (Wildman–Crippen MR) is 59.7 cm³/mol. The minimum absolute atomic E-state index is 0.133. The molecule has 0 aliphatic rings. The molecule has 0 spiro atoms. The first-order valence-electron chi connectivity index (χ1n) is 5.10. The number of amides is 1. The Balaban J connectivity index is 1.82. The Kier molecular flexibility index (Phi) is 3.08. The molecular formula is C10H13N5O2. The highest BCUT2D eigenvalue weighted by Gasteiger charge is 2.05. The summed E-state index contributed by atoms with van der Waals surface area (Å²) in [5, 5.41) is 10.4. The fourth-order valence-electron chi connectivity index (χ4n) is 1.36. The smallest absolute Gasteiger partial charge is 0.242 e. The van der Waals surface area contributed by atoms with Crippen LogP contribution in [-0.4, -0.2) is 20.8 Å². The van der Waals surface area contributed by atoms with Gasteiger partial charge in [-0.05, 0) is 6.92 Å². The number of aryl methyl sites for hydroxylation is 1. The van der Waals surface area contributed by atoms with Gasteiger partial charge in [-0.2, -0.15) is 5.10 Å². The van der Waals surface area contributed by atoms with E-state index in [0.717, 1.165) is 0 Å². The zero-order chi connectivity index (χ0) is 12.3. The average molecular weight is 235 g/mol. The quantitative estimate of drug-likeness (QED) is 0.781. The van der Waals surface area contributed by atoms with E-state index < -0.39 is 0 Å². The van der Waals surface area contributed by atoms with Gasteiger partial charge in [-0.15, -0.1) is 0 Å². The Hall–Kier alpha value is -2.31. The summed E-state index contributed by atoms with van der Waals surface area (Å²) in [5.74, 6) is 0.558. The van der Waals surface area contributed by atoms with Crippen LogP contribution in [0.25, 0.3) is 0 Å². The van der Waals surface area contributed by atoms with Crippen LogP contribution >= 0.6 is 0 Å². The molecule has 0 radical (unpaired) electrons. The van der Waals surface area contributed by atoms with Gasteiger partial charge in [-0.3, -0.25) is 9.48 Å². The maximum absolute atomic E-state index is 11.5. The zero-order valence-corrected chi connectivity index (χ0v) is 9.38. The Morgan fingerprint density at radius 3 is 3.06 bits per heavy atom. The average Bonchev–Trinajstić information content (AvgIpc) is 2.85. The van der Waals surface area contributed by atoms with Crippen LogP contribution in [0.4, 0.5) is 5.69 Å². The molecule has 1 amide bonds. The highest BCUT2D eigenvalue weighted by Crippen LogP contribution is 2.01. The minimum atomic E-state index is -0.159. The van der Waals surface area contributed by atoms with Gasteiger partial charge in [0, 0.05) is 12.3 Å². The van der Waals surface area contributed by atoms with Crippen molar-refractivity contribution in [3.8, 4) is 0 Å². The molecule has 7 nitrogen and oxygen atoms in total. The Morgan fingerprint density at radius 1 is 1.65 bits per heavy atom. The lowest BCUT2D eigenvalue weighted by Gasteiger charge is -2.02. The standard InChI is InChI=1S/C10H13N5O2/c1-7-2-9(14-17-7)4-12-10(16)6-15-5-8(11)3-13-15/h2-3,5H,4,6,11H2,1H3,(H,12,16). The van der Waals surface area contributed by atoms with Crippen molar-refractivity contribution in [3.63, 3.8) is 0 Å². The van der Waals surface area contributed by atoms with Crippen LogP contribution in [0.2, 0.25) is 0 Å². The van der Waals surface area contributed by atoms with E-state index in [1.165, 1.54) is 10.9 Å². The first-order chi connectivity index (χ1) is 8.13. The summed E-state index contributed by atoms with van der Waals surface area (Å²) in [6.45, 7) is 2.27. The molecule has 2 aromatic rings. The minimum Gasteiger partial charge on any atom is -0.396 e. The van der Waals surface area contributed by atoms with Gasteiger partial charge in [0.1, 0.15) is 18.0 Å². The van der Waals surface area contributed by atoms with E-state index in [1.54, 1.807) is 19.2 Å². The number of nitrogen functional groups attached to an aromatic ring is 1. The molecule has 2 rings (SSSR count). The van der Waals surface area contributed by atoms with Crippen LogP contribution in [0.3, 0.4) is 0 Å². The first kappa shape index (κ1) is 11.2. The highest BCUT2D eigenvalue weighted by molar-refractivity contribution is 5.75. The van der Waals surface area contributed by atoms with Gasteiger partial charge in [0.05, 0.1) is 18.4 Å². The fraction of sp³-hybridized carbons (Fsp3) is 0.300. The molecule has 0 fully saturated rings. The van der Waals surface area contributed by atoms with Gasteiger partial charge in [0.2, 0.25) is 5.91 Å². The van der Waals surface area contributed by atoms with E-state index in [0.29, 0.717) is 23.7 Å². The van der Waals surface area contributed by atoms with E-state index in [9.17, 15) is 4.79 Å². The molecule has 0 aliphatic heterocycles. The number of anilines is 1. The summed E-state index contributed by atoms with van der Waals surface area (Å²) >= 11 is 0. The first-order valence-corrected chi connectivity index (χ1v) is 5.10. The van der Waals surface area contributed by atoms with Crippen LogP contribution in [-0.2, 0) is 17.9 Å². The van der Waals surface area contributed by atoms with Crippen molar-refractivity contribution in [1.82, 2.24) is 20.3 Å². The van der Waals surface area contributed by atoms with Gasteiger partial charge >= 0.3 is 0 Å². The summed E-state index contributed by atoms with van der Waals surface area (Å²) < 4.78 is 6.35. The summed E-state index contributed by atoms with van der Waals surface area (Å²) in [6.07, 6.45) is 3.09.